The van der Waals surface area contributed by atoms with Crippen molar-refractivity contribution >= 4 is 11.6 Å². The molecule has 0 bridgehead atoms. The summed E-state index contributed by atoms with van der Waals surface area (Å²) in [5, 5.41) is 2.91. The molecule has 0 spiro atoms. The van der Waals surface area contributed by atoms with Crippen LogP contribution < -0.4 is 11.1 Å². The normalized spacial score (nSPS) is 19.6. The van der Waals surface area contributed by atoms with Crippen molar-refractivity contribution in [1.82, 2.24) is 0 Å². The molecule has 0 radical (unpaired) electrons. The lowest BCUT2D eigenvalue weighted by atomic mass is 9.85. The van der Waals surface area contributed by atoms with E-state index in [4.69, 9.17) is 10.5 Å². The van der Waals surface area contributed by atoms with E-state index in [0.29, 0.717) is 13.2 Å². The Kier molecular flexibility index (Phi) is 4.78. The van der Waals surface area contributed by atoms with Crippen molar-refractivity contribution in [1.29, 1.82) is 0 Å². The zero-order chi connectivity index (χ0) is 14.6. The molecule has 0 aromatic heterocycles. The molecule has 1 aliphatic heterocycles. The average molecular weight is 276 g/mol. The second kappa shape index (κ2) is 6.37. The van der Waals surface area contributed by atoms with E-state index in [1.165, 1.54) is 5.56 Å². The van der Waals surface area contributed by atoms with Gasteiger partial charge in [0.1, 0.15) is 6.10 Å². The molecule has 110 valence electrons. The summed E-state index contributed by atoms with van der Waals surface area (Å²) in [4.78, 5) is 12.0. The first-order chi connectivity index (χ1) is 9.53. The maximum absolute atomic E-state index is 12.0. The smallest absolute Gasteiger partial charge is 0.253 e. The van der Waals surface area contributed by atoms with Crippen molar-refractivity contribution in [3.63, 3.8) is 0 Å². The highest BCUT2D eigenvalue weighted by Crippen LogP contribution is 2.23. The molecule has 1 aliphatic rings. The van der Waals surface area contributed by atoms with Gasteiger partial charge in [0.2, 0.25) is 0 Å². The lowest BCUT2D eigenvalue weighted by Gasteiger charge is -2.24. The molecule has 4 heteroatoms. The fraction of sp³-hybridized carbons (Fsp3) is 0.562. The fourth-order valence-electron chi connectivity index (χ4n) is 2.29. The van der Waals surface area contributed by atoms with Crippen molar-refractivity contribution in [3.05, 3.63) is 29.8 Å². The van der Waals surface area contributed by atoms with Crippen LogP contribution in [-0.4, -0.2) is 25.2 Å². The predicted molar refractivity (Wildman–Crippen MR) is 80.7 cm³/mol. The molecular formula is C16H24N2O2. The SMILES string of the molecule is CC(C)(CN)c1ccc(NC(=O)C2CCCCO2)cc1. The summed E-state index contributed by atoms with van der Waals surface area (Å²) >= 11 is 0. The Hall–Kier alpha value is -1.39. The van der Waals surface area contributed by atoms with E-state index in [0.717, 1.165) is 24.9 Å². The number of rotatable bonds is 4. The third-order valence-corrected chi connectivity index (χ3v) is 3.92. The molecule has 1 aromatic carbocycles. The summed E-state index contributed by atoms with van der Waals surface area (Å²) in [5.41, 5.74) is 7.70. The second-order valence-corrected chi connectivity index (χ2v) is 6.01. The van der Waals surface area contributed by atoms with Crippen LogP contribution in [0.1, 0.15) is 38.7 Å². The van der Waals surface area contributed by atoms with E-state index in [9.17, 15) is 4.79 Å². The Balaban J connectivity index is 1.98. The van der Waals surface area contributed by atoms with Gasteiger partial charge < -0.3 is 15.8 Å². The summed E-state index contributed by atoms with van der Waals surface area (Å²) < 4.78 is 5.48. The van der Waals surface area contributed by atoms with Crippen molar-refractivity contribution in [2.45, 2.75) is 44.6 Å². The number of nitrogens with one attached hydrogen (secondary N) is 1. The highest BCUT2D eigenvalue weighted by atomic mass is 16.5. The van der Waals surface area contributed by atoms with Gasteiger partial charge in [0.15, 0.2) is 0 Å². The van der Waals surface area contributed by atoms with Gasteiger partial charge in [0.05, 0.1) is 0 Å². The number of hydrogen-bond acceptors (Lipinski definition) is 3. The maximum atomic E-state index is 12.0. The Morgan fingerprint density at radius 2 is 2.05 bits per heavy atom. The quantitative estimate of drug-likeness (QED) is 0.887. The molecule has 0 aliphatic carbocycles. The van der Waals surface area contributed by atoms with Gasteiger partial charge in [0.25, 0.3) is 5.91 Å². The van der Waals surface area contributed by atoms with Crippen molar-refractivity contribution in [2.24, 2.45) is 5.73 Å². The molecule has 1 aromatic rings. The average Bonchev–Trinajstić information content (AvgIpc) is 2.48. The molecule has 1 fully saturated rings. The molecule has 1 amide bonds. The van der Waals surface area contributed by atoms with Crippen LogP contribution in [0.2, 0.25) is 0 Å². The van der Waals surface area contributed by atoms with Crippen LogP contribution in [0.5, 0.6) is 0 Å². The van der Waals surface area contributed by atoms with E-state index in [1.807, 2.05) is 24.3 Å². The zero-order valence-electron chi connectivity index (χ0n) is 12.3. The van der Waals surface area contributed by atoms with Gasteiger partial charge in [-0.05, 0) is 37.0 Å². The van der Waals surface area contributed by atoms with Gasteiger partial charge in [-0.25, -0.2) is 0 Å². The lowest BCUT2D eigenvalue weighted by Crippen LogP contribution is -2.33. The number of carbonyl (C=O) groups is 1. The molecule has 0 saturated carbocycles. The van der Waals surface area contributed by atoms with Crippen molar-refractivity contribution in [2.75, 3.05) is 18.5 Å². The third kappa shape index (κ3) is 3.58. The molecule has 1 saturated heterocycles. The van der Waals surface area contributed by atoms with Crippen LogP contribution >= 0.6 is 0 Å². The van der Waals surface area contributed by atoms with Crippen LogP contribution in [0, 0.1) is 0 Å². The highest BCUT2D eigenvalue weighted by Gasteiger charge is 2.22. The predicted octanol–water partition coefficient (Wildman–Crippen LogP) is 2.43. The summed E-state index contributed by atoms with van der Waals surface area (Å²) in [6, 6.07) is 7.88. The van der Waals surface area contributed by atoms with Gasteiger partial charge in [-0.15, -0.1) is 0 Å². The number of benzene rings is 1. The van der Waals surface area contributed by atoms with Crippen LogP contribution in [0.15, 0.2) is 24.3 Å². The van der Waals surface area contributed by atoms with Gasteiger partial charge in [-0.1, -0.05) is 26.0 Å². The number of nitrogens with two attached hydrogens (primary N) is 1. The lowest BCUT2D eigenvalue weighted by molar-refractivity contribution is -0.129. The van der Waals surface area contributed by atoms with Gasteiger partial charge >= 0.3 is 0 Å². The number of carbonyl (C=O) groups excluding carboxylic acids is 1. The van der Waals surface area contributed by atoms with Crippen LogP contribution in [0.25, 0.3) is 0 Å². The number of ether oxygens (including phenoxy) is 1. The minimum Gasteiger partial charge on any atom is -0.368 e. The number of hydrogen-bond donors (Lipinski definition) is 2. The molecule has 1 atom stereocenters. The molecule has 2 rings (SSSR count). The van der Waals surface area contributed by atoms with Crippen LogP contribution in [0.4, 0.5) is 5.69 Å². The number of anilines is 1. The molecule has 4 nitrogen and oxygen atoms in total. The van der Waals surface area contributed by atoms with E-state index in [-0.39, 0.29) is 17.4 Å². The minimum atomic E-state index is -0.302. The number of amides is 1. The van der Waals surface area contributed by atoms with E-state index < -0.39 is 0 Å². The molecule has 1 heterocycles. The first-order valence-corrected chi connectivity index (χ1v) is 7.26. The Labute approximate surface area is 120 Å². The first kappa shape index (κ1) is 15.0. The minimum absolute atomic E-state index is 0.0458. The summed E-state index contributed by atoms with van der Waals surface area (Å²) in [7, 11) is 0. The topological polar surface area (TPSA) is 64.3 Å². The summed E-state index contributed by atoms with van der Waals surface area (Å²) in [6.07, 6.45) is 2.61. The Bertz CT molecular complexity index is 448. The first-order valence-electron chi connectivity index (χ1n) is 7.26. The van der Waals surface area contributed by atoms with E-state index >= 15 is 0 Å². The van der Waals surface area contributed by atoms with Crippen molar-refractivity contribution in [3.8, 4) is 0 Å². The van der Waals surface area contributed by atoms with E-state index in [1.54, 1.807) is 0 Å². The van der Waals surface area contributed by atoms with Gasteiger partial charge in [-0.2, -0.15) is 0 Å². The second-order valence-electron chi connectivity index (χ2n) is 6.01. The van der Waals surface area contributed by atoms with Crippen LogP contribution in [0.3, 0.4) is 0 Å². The van der Waals surface area contributed by atoms with Gasteiger partial charge in [-0.3, -0.25) is 4.79 Å². The third-order valence-electron chi connectivity index (χ3n) is 3.92. The van der Waals surface area contributed by atoms with Crippen LogP contribution in [-0.2, 0) is 14.9 Å². The van der Waals surface area contributed by atoms with Gasteiger partial charge in [0, 0.05) is 24.3 Å². The summed E-state index contributed by atoms with van der Waals surface area (Å²) in [5.74, 6) is -0.0458. The molecule has 20 heavy (non-hydrogen) atoms. The van der Waals surface area contributed by atoms with Crippen molar-refractivity contribution < 1.29 is 9.53 Å². The fourth-order valence-corrected chi connectivity index (χ4v) is 2.29. The largest absolute Gasteiger partial charge is 0.368 e. The molecule has 1 unspecified atom stereocenters. The summed E-state index contributed by atoms with van der Waals surface area (Å²) in [6.45, 7) is 5.49. The Morgan fingerprint density at radius 3 is 2.60 bits per heavy atom. The molecule has 3 N–H and O–H groups in total. The Morgan fingerprint density at radius 1 is 1.35 bits per heavy atom. The maximum Gasteiger partial charge on any atom is 0.253 e. The monoisotopic (exact) mass is 276 g/mol. The zero-order valence-corrected chi connectivity index (χ0v) is 12.3. The standard InChI is InChI=1S/C16H24N2O2/c1-16(2,11-17)12-6-8-13(9-7-12)18-15(19)14-5-3-4-10-20-14/h6-9,14H,3-5,10-11,17H2,1-2H3,(H,18,19). The van der Waals surface area contributed by atoms with E-state index in [2.05, 4.69) is 19.2 Å². The molecular weight excluding hydrogens is 252 g/mol. The highest BCUT2D eigenvalue weighted by molar-refractivity contribution is 5.94.